The second-order valence-corrected chi connectivity index (χ2v) is 7.91. The van der Waals surface area contributed by atoms with E-state index in [0.717, 1.165) is 0 Å². The molecule has 0 spiro atoms. The van der Waals surface area contributed by atoms with Crippen LogP contribution in [0.15, 0.2) is 17.1 Å². The molecule has 1 fully saturated rings. The van der Waals surface area contributed by atoms with Gasteiger partial charge in [-0.2, -0.15) is 10.0 Å². The number of hydrogen-bond donors (Lipinski definition) is 1. The molecule has 2 atom stereocenters. The van der Waals surface area contributed by atoms with E-state index in [0.29, 0.717) is 6.42 Å². The van der Waals surface area contributed by atoms with Crippen LogP contribution < -0.4 is 11.0 Å². The number of carbonyl (C=O) groups excluding carboxylic acids is 1. The molecular formula is C15H25N4O6P. The first-order chi connectivity index (χ1) is 12.3. The molecule has 1 unspecified atom stereocenters. The number of rotatable bonds is 8. The Morgan fingerprint density at radius 1 is 1.42 bits per heavy atom. The molecule has 1 aromatic heterocycles. The van der Waals surface area contributed by atoms with Gasteiger partial charge in [-0.25, -0.2) is 4.79 Å². The van der Waals surface area contributed by atoms with Gasteiger partial charge in [0.2, 0.25) is 5.91 Å². The third-order valence-electron chi connectivity index (χ3n) is 3.81. The zero-order valence-corrected chi connectivity index (χ0v) is 16.3. The standard InChI is InChI=1S/C15H25N4O6P/c1-5-23-26(22,24-6-2)10-12-9-14(25-18(12)4)19-8-7-13(16-11(3)20)17-15(19)21/h7-8,12,14H,5-6,9-10H2,1-4H3,(H,16,17,20,21)/t12-,14?/m1/s1. The first-order valence-electron chi connectivity index (χ1n) is 8.42. The van der Waals surface area contributed by atoms with Gasteiger partial charge in [-0.05, 0) is 19.9 Å². The average Bonchev–Trinajstić information content (AvgIpc) is 2.87. The van der Waals surface area contributed by atoms with E-state index in [4.69, 9.17) is 13.9 Å². The van der Waals surface area contributed by atoms with E-state index >= 15 is 0 Å². The van der Waals surface area contributed by atoms with Crippen molar-refractivity contribution in [3.63, 3.8) is 0 Å². The van der Waals surface area contributed by atoms with Crippen molar-refractivity contribution in [2.24, 2.45) is 0 Å². The molecule has 0 aliphatic carbocycles. The molecule has 146 valence electrons. The van der Waals surface area contributed by atoms with E-state index < -0.39 is 19.5 Å². The van der Waals surface area contributed by atoms with Gasteiger partial charge in [-0.1, -0.05) is 0 Å². The van der Waals surface area contributed by atoms with Crippen LogP contribution in [-0.4, -0.2) is 53.0 Å². The number of aromatic nitrogens is 2. The topological polar surface area (TPSA) is 112 Å². The van der Waals surface area contributed by atoms with Crippen LogP contribution in [-0.2, 0) is 23.2 Å². The lowest BCUT2D eigenvalue weighted by Crippen LogP contribution is -2.28. The van der Waals surface area contributed by atoms with Crippen molar-refractivity contribution in [1.29, 1.82) is 0 Å². The lowest BCUT2D eigenvalue weighted by atomic mass is 10.2. The van der Waals surface area contributed by atoms with E-state index in [1.165, 1.54) is 23.8 Å². The summed E-state index contributed by atoms with van der Waals surface area (Å²) in [5, 5.41) is 4.01. The van der Waals surface area contributed by atoms with Crippen LogP contribution in [0.4, 0.5) is 5.82 Å². The Morgan fingerprint density at radius 2 is 2.08 bits per heavy atom. The molecule has 2 heterocycles. The molecule has 1 aromatic rings. The highest BCUT2D eigenvalue weighted by Gasteiger charge is 2.39. The van der Waals surface area contributed by atoms with Crippen LogP contribution >= 0.6 is 7.60 Å². The maximum atomic E-state index is 12.7. The van der Waals surface area contributed by atoms with Crippen molar-refractivity contribution in [1.82, 2.24) is 14.6 Å². The molecule has 10 nitrogen and oxygen atoms in total. The number of nitrogens with zero attached hydrogens (tertiary/aromatic N) is 3. The number of hydroxylamine groups is 2. The summed E-state index contributed by atoms with van der Waals surface area (Å²) in [6.07, 6.45) is 1.50. The largest absolute Gasteiger partial charge is 0.351 e. The van der Waals surface area contributed by atoms with Crippen LogP contribution in [0.2, 0.25) is 0 Å². The summed E-state index contributed by atoms with van der Waals surface area (Å²) in [5.41, 5.74) is -0.548. The van der Waals surface area contributed by atoms with Gasteiger partial charge in [0.1, 0.15) is 5.82 Å². The Morgan fingerprint density at radius 3 is 2.62 bits per heavy atom. The fourth-order valence-corrected chi connectivity index (χ4v) is 4.70. The molecule has 0 saturated carbocycles. The average molecular weight is 388 g/mol. The molecule has 2 rings (SSSR count). The van der Waals surface area contributed by atoms with Crippen LogP contribution in [0.5, 0.6) is 0 Å². The minimum atomic E-state index is -3.23. The number of hydrogen-bond acceptors (Lipinski definition) is 8. The van der Waals surface area contributed by atoms with Gasteiger partial charge in [-0.3, -0.25) is 18.8 Å². The van der Waals surface area contributed by atoms with E-state index in [1.54, 1.807) is 26.0 Å². The molecule has 1 aliphatic heterocycles. The van der Waals surface area contributed by atoms with Gasteiger partial charge in [0, 0.05) is 26.6 Å². The first-order valence-corrected chi connectivity index (χ1v) is 10.1. The number of carbonyl (C=O) groups is 1. The Labute approximate surface area is 151 Å². The van der Waals surface area contributed by atoms with E-state index in [9.17, 15) is 14.2 Å². The van der Waals surface area contributed by atoms with Crippen molar-refractivity contribution in [3.05, 3.63) is 22.7 Å². The molecule has 0 radical (unpaired) electrons. The maximum Gasteiger partial charge on any atom is 0.351 e. The summed E-state index contributed by atoms with van der Waals surface area (Å²) in [6, 6.07) is 1.27. The zero-order chi connectivity index (χ0) is 19.3. The van der Waals surface area contributed by atoms with E-state index in [-0.39, 0.29) is 37.1 Å². The smallest absolute Gasteiger partial charge is 0.311 e. The summed E-state index contributed by atoms with van der Waals surface area (Å²) in [4.78, 5) is 32.8. The molecule has 0 aromatic carbocycles. The third-order valence-corrected chi connectivity index (χ3v) is 5.98. The molecule has 1 aliphatic rings. The second-order valence-electron chi connectivity index (χ2n) is 5.81. The quantitative estimate of drug-likeness (QED) is 0.669. The van der Waals surface area contributed by atoms with Gasteiger partial charge in [0.05, 0.1) is 25.4 Å². The summed E-state index contributed by atoms with van der Waals surface area (Å²) >= 11 is 0. The number of amides is 1. The molecule has 1 saturated heterocycles. The Hall–Kier alpha value is -1.58. The monoisotopic (exact) mass is 388 g/mol. The van der Waals surface area contributed by atoms with Crippen molar-refractivity contribution in [3.8, 4) is 0 Å². The Kier molecular flexibility index (Phi) is 7.08. The van der Waals surface area contributed by atoms with Crippen molar-refractivity contribution >= 4 is 19.3 Å². The summed E-state index contributed by atoms with van der Waals surface area (Å²) in [5.74, 6) is -0.131. The molecule has 26 heavy (non-hydrogen) atoms. The third kappa shape index (κ3) is 5.21. The van der Waals surface area contributed by atoms with Gasteiger partial charge >= 0.3 is 13.3 Å². The summed E-state index contributed by atoms with van der Waals surface area (Å²) < 4.78 is 24.7. The fraction of sp³-hybridized carbons (Fsp3) is 0.667. The van der Waals surface area contributed by atoms with Crippen LogP contribution in [0.3, 0.4) is 0 Å². The highest BCUT2D eigenvalue weighted by Crippen LogP contribution is 2.50. The highest BCUT2D eigenvalue weighted by atomic mass is 31.2. The van der Waals surface area contributed by atoms with Crippen molar-refractivity contribution < 1.29 is 23.2 Å². The van der Waals surface area contributed by atoms with Gasteiger partial charge < -0.3 is 14.4 Å². The zero-order valence-electron chi connectivity index (χ0n) is 15.4. The minimum Gasteiger partial charge on any atom is -0.311 e. The van der Waals surface area contributed by atoms with Crippen molar-refractivity contribution in [2.75, 3.05) is 31.7 Å². The highest BCUT2D eigenvalue weighted by molar-refractivity contribution is 7.53. The van der Waals surface area contributed by atoms with Crippen LogP contribution in [0.25, 0.3) is 0 Å². The molecule has 11 heteroatoms. The van der Waals surface area contributed by atoms with Gasteiger partial charge in [0.15, 0.2) is 6.23 Å². The van der Waals surface area contributed by atoms with Gasteiger partial charge in [-0.15, -0.1) is 0 Å². The van der Waals surface area contributed by atoms with Crippen LogP contribution in [0.1, 0.15) is 33.4 Å². The molecule has 1 amide bonds. The summed E-state index contributed by atoms with van der Waals surface area (Å²) in [6.45, 7) is 5.41. The molecule has 1 N–H and O–H groups in total. The lowest BCUT2D eigenvalue weighted by Gasteiger charge is -2.22. The Balaban J connectivity index is 2.11. The van der Waals surface area contributed by atoms with Gasteiger partial charge in [0.25, 0.3) is 0 Å². The Bertz CT molecular complexity index is 729. The van der Waals surface area contributed by atoms with Crippen molar-refractivity contribution in [2.45, 2.75) is 39.5 Å². The number of nitrogens with one attached hydrogen (secondary N) is 1. The normalized spacial score (nSPS) is 21.1. The maximum absolute atomic E-state index is 12.7. The van der Waals surface area contributed by atoms with Crippen LogP contribution in [0, 0.1) is 0 Å². The van der Waals surface area contributed by atoms with E-state index in [2.05, 4.69) is 10.3 Å². The van der Waals surface area contributed by atoms with E-state index in [1.807, 2.05) is 0 Å². The predicted octanol–water partition coefficient (Wildman–Crippen LogP) is 1.60. The lowest BCUT2D eigenvalue weighted by molar-refractivity contribution is -0.164. The first kappa shape index (κ1) is 20.7. The SMILES string of the molecule is CCOP(=O)(C[C@H]1CC(n2ccc(NC(C)=O)nc2=O)ON1C)OCC. The number of anilines is 1. The molecular weight excluding hydrogens is 363 g/mol. The molecule has 0 bridgehead atoms. The fourth-order valence-electron chi connectivity index (χ4n) is 2.73. The summed E-state index contributed by atoms with van der Waals surface area (Å²) in [7, 11) is -1.53. The predicted molar refractivity (Wildman–Crippen MR) is 94.8 cm³/mol. The minimum absolute atomic E-state index is 0.161. The second kappa shape index (κ2) is 8.88.